The van der Waals surface area contributed by atoms with Crippen LogP contribution < -0.4 is 11.1 Å². The summed E-state index contributed by atoms with van der Waals surface area (Å²) in [6.07, 6.45) is 4.28. The van der Waals surface area contributed by atoms with Crippen molar-refractivity contribution in [1.82, 2.24) is 9.97 Å². The van der Waals surface area contributed by atoms with E-state index in [4.69, 9.17) is 5.73 Å². The largest absolute Gasteiger partial charge is 0.396 e. The SMILES string of the molecule is Nc1cc(NC(=O)CCCSc2ccncn2)ccc1F. The van der Waals surface area contributed by atoms with Gasteiger partial charge in [-0.3, -0.25) is 4.79 Å². The minimum absolute atomic E-state index is 0.0205. The van der Waals surface area contributed by atoms with E-state index in [0.29, 0.717) is 12.1 Å². The second-order valence-electron chi connectivity index (χ2n) is 4.28. The molecule has 1 aromatic heterocycles. The molecule has 0 atom stereocenters. The van der Waals surface area contributed by atoms with Gasteiger partial charge in [-0.25, -0.2) is 14.4 Å². The lowest BCUT2D eigenvalue weighted by molar-refractivity contribution is -0.116. The zero-order chi connectivity index (χ0) is 15.1. The van der Waals surface area contributed by atoms with Crippen LogP contribution in [-0.4, -0.2) is 21.6 Å². The molecule has 0 aliphatic carbocycles. The number of rotatable bonds is 6. The van der Waals surface area contributed by atoms with Crippen molar-refractivity contribution >= 4 is 29.0 Å². The fraction of sp³-hybridized carbons (Fsp3) is 0.214. The molecule has 0 fully saturated rings. The maximum Gasteiger partial charge on any atom is 0.224 e. The van der Waals surface area contributed by atoms with Crippen molar-refractivity contribution in [3.8, 4) is 0 Å². The van der Waals surface area contributed by atoms with Gasteiger partial charge in [-0.15, -0.1) is 11.8 Å². The van der Waals surface area contributed by atoms with Crippen LogP contribution in [0.3, 0.4) is 0 Å². The van der Waals surface area contributed by atoms with E-state index < -0.39 is 5.82 Å². The number of hydrogen-bond acceptors (Lipinski definition) is 5. The highest BCUT2D eigenvalue weighted by Gasteiger charge is 2.05. The molecule has 0 aliphatic heterocycles. The Hall–Kier alpha value is -2.15. The lowest BCUT2D eigenvalue weighted by atomic mass is 10.2. The molecule has 1 amide bonds. The molecule has 110 valence electrons. The van der Waals surface area contributed by atoms with Crippen molar-refractivity contribution in [1.29, 1.82) is 0 Å². The first-order valence-electron chi connectivity index (χ1n) is 6.39. The Labute approximate surface area is 126 Å². The summed E-state index contributed by atoms with van der Waals surface area (Å²) in [7, 11) is 0. The first-order valence-corrected chi connectivity index (χ1v) is 7.37. The van der Waals surface area contributed by atoms with Crippen LogP contribution in [0.2, 0.25) is 0 Å². The smallest absolute Gasteiger partial charge is 0.224 e. The molecule has 21 heavy (non-hydrogen) atoms. The fourth-order valence-corrected chi connectivity index (χ4v) is 2.39. The number of nitrogens with zero attached hydrogens (tertiary/aromatic N) is 2. The highest BCUT2D eigenvalue weighted by molar-refractivity contribution is 7.99. The van der Waals surface area contributed by atoms with Gasteiger partial charge in [0.15, 0.2) is 0 Å². The van der Waals surface area contributed by atoms with Gasteiger partial charge >= 0.3 is 0 Å². The van der Waals surface area contributed by atoms with Crippen molar-refractivity contribution in [3.63, 3.8) is 0 Å². The summed E-state index contributed by atoms with van der Waals surface area (Å²) in [5, 5.41) is 3.57. The zero-order valence-corrected chi connectivity index (χ0v) is 12.1. The number of carbonyl (C=O) groups is 1. The molecule has 5 nitrogen and oxygen atoms in total. The molecule has 0 spiro atoms. The third-order valence-electron chi connectivity index (χ3n) is 2.63. The lowest BCUT2D eigenvalue weighted by Gasteiger charge is -2.06. The average Bonchev–Trinajstić information content (AvgIpc) is 2.49. The minimum atomic E-state index is -0.491. The number of halogens is 1. The number of nitrogen functional groups attached to an aromatic ring is 1. The van der Waals surface area contributed by atoms with E-state index in [2.05, 4.69) is 15.3 Å². The number of nitrogens with one attached hydrogen (secondary N) is 1. The Morgan fingerprint density at radius 1 is 1.38 bits per heavy atom. The molecular weight excluding hydrogens is 291 g/mol. The normalized spacial score (nSPS) is 10.3. The van der Waals surface area contributed by atoms with Crippen molar-refractivity contribution < 1.29 is 9.18 Å². The van der Waals surface area contributed by atoms with Crippen LogP contribution in [0.5, 0.6) is 0 Å². The highest BCUT2D eigenvalue weighted by Crippen LogP contribution is 2.18. The quantitative estimate of drug-likeness (QED) is 0.371. The van der Waals surface area contributed by atoms with Crippen LogP contribution in [0, 0.1) is 5.82 Å². The van der Waals surface area contributed by atoms with Gasteiger partial charge in [-0.05, 0) is 36.4 Å². The third-order valence-corrected chi connectivity index (χ3v) is 3.66. The van der Waals surface area contributed by atoms with Crippen molar-refractivity contribution in [2.45, 2.75) is 17.9 Å². The predicted molar refractivity (Wildman–Crippen MR) is 81.4 cm³/mol. The number of carbonyl (C=O) groups excluding carboxylic acids is 1. The van der Waals surface area contributed by atoms with Gasteiger partial charge in [0.1, 0.15) is 12.1 Å². The van der Waals surface area contributed by atoms with Gasteiger partial charge in [-0.1, -0.05) is 0 Å². The van der Waals surface area contributed by atoms with Gasteiger partial charge in [0, 0.05) is 18.3 Å². The van der Waals surface area contributed by atoms with Gasteiger partial charge in [0.2, 0.25) is 5.91 Å². The second-order valence-corrected chi connectivity index (χ2v) is 5.40. The Bertz CT molecular complexity index is 609. The molecule has 3 N–H and O–H groups in total. The first-order chi connectivity index (χ1) is 10.1. The first kappa shape index (κ1) is 15.2. The average molecular weight is 306 g/mol. The minimum Gasteiger partial charge on any atom is -0.396 e. The summed E-state index contributed by atoms with van der Waals surface area (Å²) < 4.78 is 13.0. The van der Waals surface area contributed by atoms with E-state index in [9.17, 15) is 9.18 Å². The maximum absolute atomic E-state index is 13.0. The number of nitrogens with two attached hydrogens (primary N) is 1. The van der Waals surface area contributed by atoms with Crippen LogP contribution in [-0.2, 0) is 4.79 Å². The Kier molecular flexibility index (Phi) is 5.51. The van der Waals surface area contributed by atoms with E-state index in [1.54, 1.807) is 18.0 Å². The summed E-state index contributed by atoms with van der Waals surface area (Å²) in [6.45, 7) is 0. The van der Waals surface area contributed by atoms with E-state index in [1.807, 2.05) is 6.07 Å². The van der Waals surface area contributed by atoms with E-state index in [1.165, 1.54) is 24.5 Å². The molecule has 7 heteroatoms. The molecule has 0 aliphatic rings. The second kappa shape index (κ2) is 7.58. The fourth-order valence-electron chi connectivity index (χ4n) is 1.62. The number of hydrogen-bond donors (Lipinski definition) is 2. The molecule has 1 aromatic carbocycles. The summed E-state index contributed by atoms with van der Waals surface area (Å²) in [6, 6.07) is 5.95. The van der Waals surface area contributed by atoms with Crippen LogP contribution in [0.1, 0.15) is 12.8 Å². The summed E-state index contributed by atoms with van der Waals surface area (Å²) >= 11 is 1.57. The maximum atomic E-state index is 13.0. The Morgan fingerprint density at radius 2 is 2.24 bits per heavy atom. The van der Waals surface area contributed by atoms with Crippen molar-refractivity contribution in [2.24, 2.45) is 0 Å². The number of thioether (sulfide) groups is 1. The van der Waals surface area contributed by atoms with Crippen LogP contribution in [0.25, 0.3) is 0 Å². The third kappa shape index (κ3) is 5.03. The molecule has 0 saturated carbocycles. The van der Waals surface area contributed by atoms with Crippen LogP contribution >= 0.6 is 11.8 Å². The predicted octanol–water partition coefficient (Wildman–Crippen LogP) is 2.71. The van der Waals surface area contributed by atoms with E-state index >= 15 is 0 Å². The Balaban J connectivity index is 1.71. The zero-order valence-electron chi connectivity index (χ0n) is 11.3. The van der Waals surface area contributed by atoms with Gasteiger partial charge in [-0.2, -0.15) is 0 Å². The Morgan fingerprint density at radius 3 is 2.95 bits per heavy atom. The number of anilines is 2. The van der Waals surface area contributed by atoms with Crippen LogP contribution in [0.15, 0.2) is 41.8 Å². The van der Waals surface area contributed by atoms with Gasteiger partial charge < -0.3 is 11.1 Å². The monoisotopic (exact) mass is 306 g/mol. The van der Waals surface area contributed by atoms with E-state index in [-0.39, 0.29) is 11.6 Å². The number of aromatic nitrogens is 2. The molecule has 0 saturated heterocycles. The highest BCUT2D eigenvalue weighted by atomic mass is 32.2. The summed E-state index contributed by atoms with van der Waals surface area (Å²) in [5.41, 5.74) is 5.96. The lowest BCUT2D eigenvalue weighted by Crippen LogP contribution is -2.11. The standard InChI is InChI=1S/C14H15FN4OS/c15-11-4-3-10(8-12(11)16)19-13(20)2-1-7-21-14-5-6-17-9-18-14/h3-6,8-9H,1-2,7,16H2,(H,19,20). The van der Waals surface area contributed by atoms with E-state index in [0.717, 1.165) is 17.2 Å². The number of benzene rings is 1. The van der Waals surface area contributed by atoms with Gasteiger partial charge in [0.25, 0.3) is 0 Å². The molecule has 0 radical (unpaired) electrons. The molecule has 2 aromatic rings. The summed E-state index contributed by atoms with van der Waals surface area (Å²) in [5.74, 6) is 0.175. The molecule has 1 heterocycles. The van der Waals surface area contributed by atoms with Crippen molar-refractivity contribution in [3.05, 3.63) is 42.6 Å². The molecular formula is C14H15FN4OS. The van der Waals surface area contributed by atoms with Crippen molar-refractivity contribution in [2.75, 3.05) is 16.8 Å². The topological polar surface area (TPSA) is 80.9 Å². The molecule has 0 unspecified atom stereocenters. The molecule has 2 rings (SSSR count). The number of amides is 1. The molecule has 0 bridgehead atoms. The van der Waals surface area contributed by atoms with Crippen LogP contribution in [0.4, 0.5) is 15.8 Å². The summed E-state index contributed by atoms with van der Waals surface area (Å²) in [4.78, 5) is 19.7. The van der Waals surface area contributed by atoms with Gasteiger partial charge in [0.05, 0.1) is 10.7 Å².